The van der Waals surface area contributed by atoms with Gasteiger partial charge in [-0.3, -0.25) is 9.59 Å². The minimum atomic E-state index is -0.381. The van der Waals surface area contributed by atoms with E-state index in [9.17, 15) is 9.59 Å². The maximum Gasteiger partial charge on any atom is 0.298 e. The van der Waals surface area contributed by atoms with E-state index in [1.807, 2.05) is 36.4 Å². The molecule has 0 bridgehead atoms. The standard InChI is InChI=1S/C23H13Br2Cl2NO3S/c24-17-9-13(10-18(25)21(17)31-12-14-3-1-2-4-19(14)27)11-20-22(29)28(23(30)32-20)16-7-5-15(26)6-8-16/h1-11H,12H2. The summed E-state index contributed by atoms with van der Waals surface area (Å²) in [6.07, 6.45) is 1.67. The molecule has 1 aliphatic heterocycles. The Morgan fingerprint density at radius 1 is 0.969 bits per heavy atom. The van der Waals surface area contributed by atoms with E-state index in [1.54, 1.807) is 30.3 Å². The van der Waals surface area contributed by atoms with Crippen LogP contribution in [0.5, 0.6) is 5.75 Å². The molecule has 0 radical (unpaired) electrons. The highest BCUT2D eigenvalue weighted by Gasteiger charge is 2.36. The molecular formula is C23H13Br2Cl2NO3S. The molecule has 3 aromatic carbocycles. The summed E-state index contributed by atoms with van der Waals surface area (Å²) in [6, 6.07) is 17.7. The number of benzene rings is 3. The van der Waals surface area contributed by atoms with Gasteiger partial charge in [0, 0.05) is 15.6 Å². The molecule has 0 unspecified atom stereocenters. The summed E-state index contributed by atoms with van der Waals surface area (Å²) in [5, 5.41) is 0.803. The quantitative estimate of drug-likeness (QED) is 0.271. The minimum Gasteiger partial charge on any atom is -0.486 e. The van der Waals surface area contributed by atoms with Crippen molar-refractivity contribution in [2.45, 2.75) is 6.61 Å². The van der Waals surface area contributed by atoms with Crippen LogP contribution in [0.15, 0.2) is 74.5 Å². The van der Waals surface area contributed by atoms with Crippen molar-refractivity contribution in [3.8, 4) is 5.75 Å². The Morgan fingerprint density at radius 2 is 1.62 bits per heavy atom. The summed E-state index contributed by atoms with van der Waals surface area (Å²) in [5.41, 5.74) is 2.08. The van der Waals surface area contributed by atoms with Crippen LogP contribution in [-0.4, -0.2) is 11.1 Å². The van der Waals surface area contributed by atoms with E-state index >= 15 is 0 Å². The Labute approximate surface area is 215 Å². The van der Waals surface area contributed by atoms with Gasteiger partial charge in [-0.25, -0.2) is 4.90 Å². The van der Waals surface area contributed by atoms with Crippen LogP contribution in [0.4, 0.5) is 10.5 Å². The van der Waals surface area contributed by atoms with Gasteiger partial charge in [0.2, 0.25) is 0 Å². The zero-order valence-corrected chi connectivity index (χ0v) is 21.7. The second-order valence-electron chi connectivity index (χ2n) is 6.69. The van der Waals surface area contributed by atoms with Gasteiger partial charge in [-0.1, -0.05) is 41.4 Å². The normalized spacial score (nSPS) is 15.0. The number of amides is 2. The Kier molecular flexibility index (Phi) is 7.32. The molecular weight excluding hydrogens is 601 g/mol. The lowest BCUT2D eigenvalue weighted by Crippen LogP contribution is -2.27. The van der Waals surface area contributed by atoms with E-state index in [0.717, 1.165) is 27.8 Å². The highest BCUT2D eigenvalue weighted by Crippen LogP contribution is 2.39. The summed E-state index contributed by atoms with van der Waals surface area (Å²) in [6.45, 7) is 0.302. The van der Waals surface area contributed by atoms with Crippen molar-refractivity contribution in [1.29, 1.82) is 0 Å². The average Bonchev–Trinajstić information content (AvgIpc) is 3.02. The number of hydrogen-bond acceptors (Lipinski definition) is 4. The molecule has 4 nitrogen and oxygen atoms in total. The molecule has 0 spiro atoms. The first-order chi connectivity index (χ1) is 15.3. The first-order valence-corrected chi connectivity index (χ1v) is 12.4. The predicted octanol–water partition coefficient (Wildman–Crippen LogP) is 8.34. The van der Waals surface area contributed by atoms with E-state index in [-0.39, 0.29) is 11.1 Å². The molecule has 162 valence electrons. The number of nitrogens with zero attached hydrogens (tertiary/aromatic N) is 1. The molecule has 1 saturated heterocycles. The van der Waals surface area contributed by atoms with Crippen molar-refractivity contribution >= 4 is 89.7 Å². The fraction of sp³-hybridized carbons (Fsp3) is 0.0435. The van der Waals surface area contributed by atoms with Gasteiger partial charge in [-0.2, -0.15) is 0 Å². The molecule has 3 aromatic rings. The Bertz CT molecular complexity index is 1230. The third-order valence-electron chi connectivity index (χ3n) is 4.53. The van der Waals surface area contributed by atoms with Gasteiger partial charge in [0.1, 0.15) is 12.4 Å². The lowest BCUT2D eigenvalue weighted by Gasteiger charge is -2.13. The summed E-state index contributed by atoms with van der Waals surface area (Å²) in [5.74, 6) is 0.227. The lowest BCUT2D eigenvalue weighted by molar-refractivity contribution is -0.113. The summed E-state index contributed by atoms with van der Waals surface area (Å²) < 4.78 is 7.33. The van der Waals surface area contributed by atoms with Gasteiger partial charge in [-0.05, 0) is 97.7 Å². The zero-order valence-electron chi connectivity index (χ0n) is 16.2. The fourth-order valence-corrected chi connectivity index (χ4v) is 5.61. The van der Waals surface area contributed by atoms with Gasteiger partial charge < -0.3 is 4.74 Å². The van der Waals surface area contributed by atoms with Crippen molar-refractivity contribution in [3.05, 3.63) is 95.7 Å². The van der Waals surface area contributed by atoms with E-state index in [2.05, 4.69) is 31.9 Å². The van der Waals surface area contributed by atoms with Crippen molar-refractivity contribution in [2.75, 3.05) is 4.90 Å². The fourth-order valence-electron chi connectivity index (χ4n) is 3.00. The van der Waals surface area contributed by atoms with Crippen LogP contribution in [0.2, 0.25) is 10.0 Å². The van der Waals surface area contributed by atoms with Crippen LogP contribution < -0.4 is 9.64 Å². The summed E-state index contributed by atoms with van der Waals surface area (Å²) >= 11 is 20.0. The number of hydrogen-bond donors (Lipinski definition) is 0. The molecule has 0 aromatic heterocycles. The van der Waals surface area contributed by atoms with Gasteiger partial charge in [0.15, 0.2) is 0 Å². The number of carbonyl (C=O) groups is 2. The van der Waals surface area contributed by atoms with Crippen molar-refractivity contribution < 1.29 is 14.3 Å². The Morgan fingerprint density at radius 3 is 2.28 bits per heavy atom. The van der Waals surface area contributed by atoms with Crippen molar-refractivity contribution in [3.63, 3.8) is 0 Å². The molecule has 0 aliphatic carbocycles. The number of anilines is 1. The van der Waals surface area contributed by atoms with Crippen LogP contribution in [0, 0.1) is 0 Å². The summed E-state index contributed by atoms with van der Waals surface area (Å²) in [4.78, 5) is 26.8. The number of halogens is 4. The molecule has 1 heterocycles. The van der Waals surface area contributed by atoms with E-state index in [1.165, 1.54) is 0 Å². The van der Waals surface area contributed by atoms with Crippen LogP contribution in [0.25, 0.3) is 6.08 Å². The van der Waals surface area contributed by atoms with Gasteiger partial charge in [0.25, 0.3) is 11.1 Å². The topological polar surface area (TPSA) is 46.6 Å². The molecule has 9 heteroatoms. The van der Waals surface area contributed by atoms with Crippen LogP contribution in [0.3, 0.4) is 0 Å². The minimum absolute atomic E-state index is 0.302. The molecule has 32 heavy (non-hydrogen) atoms. The van der Waals surface area contributed by atoms with E-state index < -0.39 is 0 Å². The monoisotopic (exact) mass is 611 g/mol. The maximum atomic E-state index is 12.9. The third kappa shape index (κ3) is 5.07. The predicted molar refractivity (Wildman–Crippen MR) is 138 cm³/mol. The number of thioether (sulfide) groups is 1. The lowest BCUT2D eigenvalue weighted by atomic mass is 10.2. The van der Waals surface area contributed by atoms with Gasteiger partial charge in [-0.15, -0.1) is 0 Å². The number of carbonyl (C=O) groups excluding carboxylic acids is 2. The SMILES string of the molecule is O=C1SC(=Cc2cc(Br)c(OCc3ccccc3Cl)c(Br)c2)C(=O)N1c1ccc(Cl)cc1. The van der Waals surface area contributed by atoms with Gasteiger partial charge in [0.05, 0.1) is 19.5 Å². The van der Waals surface area contributed by atoms with E-state index in [0.29, 0.717) is 41.9 Å². The number of imide groups is 1. The molecule has 0 atom stereocenters. The zero-order chi connectivity index (χ0) is 22.8. The first kappa shape index (κ1) is 23.4. The van der Waals surface area contributed by atoms with Crippen molar-refractivity contribution in [2.24, 2.45) is 0 Å². The van der Waals surface area contributed by atoms with Crippen LogP contribution in [0.1, 0.15) is 11.1 Å². The number of ether oxygens (including phenoxy) is 1. The van der Waals surface area contributed by atoms with Crippen molar-refractivity contribution in [1.82, 2.24) is 0 Å². The molecule has 0 saturated carbocycles. The molecule has 2 amide bonds. The molecule has 1 fully saturated rings. The van der Waals surface area contributed by atoms with Crippen LogP contribution in [-0.2, 0) is 11.4 Å². The Hall–Kier alpha value is -1.77. The number of rotatable bonds is 5. The first-order valence-electron chi connectivity index (χ1n) is 9.22. The largest absolute Gasteiger partial charge is 0.486 e. The summed E-state index contributed by atoms with van der Waals surface area (Å²) in [7, 11) is 0. The maximum absolute atomic E-state index is 12.9. The molecule has 0 N–H and O–H groups in total. The second kappa shape index (κ2) is 10.0. The highest BCUT2D eigenvalue weighted by molar-refractivity contribution is 9.11. The second-order valence-corrected chi connectivity index (χ2v) is 10.2. The Balaban J connectivity index is 1.55. The molecule has 4 rings (SSSR count). The highest BCUT2D eigenvalue weighted by atomic mass is 79.9. The third-order valence-corrected chi connectivity index (χ3v) is 7.20. The average molecular weight is 614 g/mol. The van der Waals surface area contributed by atoms with Crippen LogP contribution >= 0.6 is 66.8 Å². The molecule has 1 aliphatic rings. The van der Waals surface area contributed by atoms with Gasteiger partial charge >= 0.3 is 0 Å². The smallest absolute Gasteiger partial charge is 0.298 e. The van der Waals surface area contributed by atoms with E-state index in [4.69, 9.17) is 27.9 Å².